The Morgan fingerprint density at radius 2 is 2.00 bits per heavy atom. The van der Waals surface area contributed by atoms with Crippen LogP contribution in [0.2, 0.25) is 0 Å². The van der Waals surface area contributed by atoms with Crippen molar-refractivity contribution in [3.8, 4) is 12.3 Å². The largest absolute Gasteiger partial charge is 0.465 e. The Morgan fingerprint density at radius 1 is 1.37 bits per heavy atom. The molecule has 1 N–H and O–H groups in total. The first-order valence-corrected chi connectivity index (χ1v) is 7.47. The van der Waals surface area contributed by atoms with Gasteiger partial charge in [0.25, 0.3) is 0 Å². The van der Waals surface area contributed by atoms with E-state index < -0.39 is 10.0 Å². The van der Waals surface area contributed by atoms with Gasteiger partial charge in [-0.1, -0.05) is 12.8 Å². The molecule has 0 aliphatic carbocycles. The van der Waals surface area contributed by atoms with Gasteiger partial charge in [0.1, 0.15) is 16.4 Å². The molecule has 0 saturated carbocycles. The lowest BCUT2D eigenvalue weighted by Crippen LogP contribution is -2.33. The number of hydrogen-bond acceptors (Lipinski definition) is 4. The first kappa shape index (κ1) is 15.8. The number of hydrogen-bond donors (Lipinski definition) is 1. The average Bonchev–Trinajstić information content (AvgIpc) is 2.63. The van der Waals surface area contributed by atoms with Crippen LogP contribution in [0.1, 0.15) is 30.4 Å². The van der Waals surface area contributed by atoms with Gasteiger partial charge in [0.2, 0.25) is 10.0 Å². The number of nitrogens with zero attached hydrogens (tertiary/aromatic N) is 1. The molecule has 0 aromatic carbocycles. The average molecular weight is 285 g/mol. The van der Waals surface area contributed by atoms with E-state index in [0.29, 0.717) is 24.3 Å². The molecule has 0 bridgehead atoms. The van der Waals surface area contributed by atoms with Gasteiger partial charge in [-0.3, -0.25) is 0 Å². The van der Waals surface area contributed by atoms with Crippen LogP contribution in [0.5, 0.6) is 0 Å². The maximum Gasteiger partial charge on any atom is 0.247 e. The van der Waals surface area contributed by atoms with Crippen molar-refractivity contribution >= 4 is 10.0 Å². The van der Waals surface area contributed by atoms with Crippen molar-refractivity contribution in [2.45, 2.75) is 38.7 Å². The van der Waals surface area contributed by atoms with E-state index in [1.54, 1.807) is 13.8 Å². The van der Waals surface area contributed by atoms with E-state index in [2.05, 4.69) is 5.92 Å². The predicted molar refractivity (Wildman–Crippen MR) is 72.0 cm³/mol. The number of aliphatic hydroxyl groups excluding tert-OH is 1. The van der Waals surface area contributed by atoms with Gasteiger partial charge in [-0.25, -0.2) is 8.42 Å². The molecule has 0 radical (unpaired) electrons. The summed E-state index contributed by atoms with van der Waals surface area (Å²) in [6, 6.07) is 0. The minimum absolute atomic E-state index is 0.00467. The fourth-order valence-corrected chi connectivity index (χ4v) is 3.85. The van der Waals surface area contributed by atoms with Crippen LogP contribution in [-0.2, 0) is 16.6 Å². The van der Waals surface area contributed by atoms with Crippen LogP contribution < -0.4 is 0 Å². The summed E-state index contributed by atoms with van der Waals surface area (Å²) in [6.45, 7) is 5.03. The topological polar surface area (TPSA) is 70.8 Å². The summed E-state index contributed by atoms with van der Waals surface area (Å²) in [5, 5.41) is 9.33. The number of furan rings is 1. The number of rotatable bonds is 6. The van der Waals surface area contributed by atoms with Gasteiger partial charge in [-0.2, -0.15) is 4.31 Å². The van der Waals surface area contributed by atoms with E-state index in [1.165, 1.54) is 4.31 Å². The van der Waals surface area contributed by atoms with Crippen molar-refractivity contribution in [2.24, 2.45) is 0 Å². The maximum atomic E-state index is 12.6. The van der Waals surface area contributed by atoms with E-state index in [0.717, 1.165) is 0 Å². The summed E-state index contributed by atoms with van der Waals surface area (Å²) in [7, 11) is -3.74. The molecule has 0 fully saturated rings. The SMILES string of the molecule is C#CCN(CCC)S(=O)(=O)c1c(C)oc(C)c1CO. The molecule has 0 unspecified atom stereocenters. The predicted octanol–water partition coefficient (Wildman–Crippen LogP) is 1.42. The molecular formula is C13H19NO4S. The third-order valence-electron chi connectivity index (χ3n) is 2.82. The number of aryl methyl sites for hydroxylation is 2. The normalized spacial score (nSPS) is 11.8. The zero-order valence-electron chi connectivity index (χ0n) is 11.4. The van der Waals surface area contributed by atoms with Crippen LogP contribution in [0.15, 0.2) is 9.31 Å². The Labute approximate surface area is 114 Å². The molecule has 106 valence electrons. The zero-order chi connectivity index (χ0) is 14.6. The van der Waals surface area contributed by atoms with Gasteiger partial charge >= 0.3 is 0 Å². The molecule has 6 heteroatoms. The van der Waals surface area contributed by atoms with E-state index in [-0.39, 0.29) is 23.8 Å². The Morgan fingerprint density at radius 3 is 2.47 bits per heavy atom. The van der Waals surface area contributed by atoms with Gasteiger partial charge in [-0.05, 0) is 20.3 Å². The highest BCUT2D eigenvalue weighted by atomic mass is 32.2. The lowest BCUT2D eigenvalue weighted by Gasteiger charge is -2.19. The number of sulfonamides is 1. The molecule has 0 saturated heterocycles. The molecule has 19 heavy (non-hydrogen) atoms. The second kappa shape index (κ2) is 6.24. The van der Waals surface area contributed by atoms with Crippen LogP contribution in [0.25, 0.3) is 0 Å². The van der Waals surface area contributed by atoms with E-state index >= 15 is 0 Å². The van der Waals surface area contributed by atoms with E-state index in [4.69, 9.17) is 10.8 Å². The second-order valence-corrected chi connectivity index (χ2v) is 6.10. The minimum Gasteiger partial charge on any atom is -0.465 e. The summed E-state index contributed by atoms with van der Waals surface area (Å²) in [6.07, 6.45) is 5.88. The number of terminal acetylenes is 1. The van der Waals surface area contributed by atoms with Gasteiger partial charge in [0.15, 0.2) is 0 Å². The van der Waals surface area contributed by atoms with Crippen molar-refractivity contribution in [1.82, 2.24) is 4.31 Å². The summed E-state index contributed by atoms with van der Waals surface area (Å²) < 4.78 is 31.7. The van der Waals surface area contributed by atoms with Crippen LogP contribution in [0.3, 0.4) is 0 Å². The van der Waals surface area contributed by atoms with E-state index in [9.17, 15) is 13.5 Å². The van der Waals surface area contributed by atoms with Crippen molar-refractivity contribution in [3.63, 3.8) is 0 Å². The van der Waals surface area contributed by atoms with Crippen LogP contribution in [0, 0.1) is 26.2 Å². The Hall–Kier alpha value is -1.29. The molecule has 0 aliphatic rings. The lowest BCUT2D eigenvalue weighted by atomic mass is 10.2. The van der Waals surface area contributed by atoms with Crippen LogP contribution in [-0.4, -0.2) is 30.9 Å². The van der Waals surface area contributed by atoms with Gasteiger partial charge < -0.3 is 9.52 Å². The second-order valence-electron chi connectivity index (χ2n) is 4.22. The highest BCUT2D eigenvalue weighted by Crippen LogP contribution is 2.29. The number of aliphatic hydroxyl groups is 1. The molecule has 1 rings (SSSR count). The standard InChI is InChI=1S/C13H19NO4S/c1-5-7-14(8-6-2)19(16,17)13-11(4)18-10(3)12(13)9-15/h1,15H,6-9H2,2-4H3. The molecule has 0 atom stereocenters. The third-order valence-corrected chi connectivity index (χ3v) is 4.86. The third kappa shape index (κ3) is 3.00. The fraction of sp³-hybridized carbons (Fsp3) is 0.538. The molecule has 0 aliphatic heterocycles. The van der Waals surface area contributed by atoms with Crippen molar-refractivity contribution < 1.29 is 17.9 Å². The van der Waals surface area contributed by atoms with Gasteiger partial charge in [0, 0.05) is 12.1 Å². The fourth-order valence-electron chi connectivity index (χ4n) is 1.99. The molecule has 1 heterocycles. The smallest absolute Gasteiger partial charge is 0.247 e. The Balaban J connectivity index is 3.37. The summed E-state index contributed by atoms with van der Waals surface area (Å²) in [5.74, 6) is 3.04. The van der Waals surface area contributed by atoms with Gasteiger partial charge in [0.05, 0.1) is 13.2 Å². The lowest BCUT2D eigenvalue weighted by molar-refractivity contribution is 0.276. The summed E-state index contributed by atoms with van der Waals surface area (Å²) >= 11 is 0. The first-order valence-electron chi connectivity index (χ1n) is 6.03. The Kier molecular flexibility index (Phi) is 5.18. The van der Waals surface area contributed by atoms with E-state index in [1.807, 2.05) is 6.92 Å². The maximum absolute atomic E-state index is 12.6. The first-order chi connectivity index (χ1) is 8.89. The Bertz CT molecular complexity index is 581. The molecular weight excluding hydrogens is 266 g/mol. The highest BCUT2D eigenvalue weighted by Gasteiger charge is 2.31. The highest BCUT2D eigenvalue weighted by molar-refractivity contribution is 7.89. The zero-order valence-corrected chi connectivity index (χ0v) is 12.2. The monoisotopic (exact) mass is 285 g/mol. The molecule has 1 aromatic rings. The van der Waals surface area contributed by atoms with Crippen molar-refractivity contribution in [2.75, 3.05) is 13.1 Å². The van der Waals surface area contributed by atoms with Crippen molar-refractivity contribution in [1.29, 1.82) is 0 Å². The quantitative estimate of drug-likeness (QED) is 0.803. The molecule has 0 amide bonds. The molecule has 5 nitrogen and oxygen atoms in total. The molecule has 1 aromatic heterocycles. The molecule has 0 spiro atoms. The van der Waals surface area contributed by atoms with Crippen LogP contribution in [0.4, 0.5) is 0 Å². The summed E-state index contributed by atoms with van der Waals surface area (Å²) in [4.78, 5) is 0.0381. The van der Waals surface area contributed by atoms with Crippen molar-refractivity contribution in [3.05, 3.63) is 17.1 Å². The minimum atomic E-state index is -3.74. The van der Waals surface area contributed by atoms with Gasteiger partial charge in [-0.15, -0.1) is 6.42 Å². The summed E-state index contributed by atoms with van der Waals surface area (Å²) in [5.41, 5.74) is 0.302. The van der Waals surface area contributed by atoms with Crippen LogP contribution >= 0.6 is 0 Å².